The number of aromatic nitrogens is 2. The average molecular weight is 423 g/mol. The van der Waals surface area contributed by atoms with Crippen LogP contribution in [-0.4, -0.2) is 34.4 Å². The highest BCUT2D eigenvalue weighted by Gasteiger charge is 2.31. The monoisotopic (exact) mass is 422 g/mol. The van der Waals surface area contributed by atoms with E-state index in [0.717, 1.165) is 11.1 Å². The summed E-state index contributed by atoms with van der Waals surface area (Å²) in [7, 11) is 0. The summed E-state index contributed by atoms with van der Waals surface area (Å²) in [6.45, 7) is 10.2. The van der Waals surface area contributed by atoms with Crippen molar-refractivity contribution in [1.82, 2.24) is 9.38 Å². The number of imidazole rings is 1. The van der Waals surface area contributed by atoms with Crippen molar-refractivity contribution in [2.75, 3.05) is 13.2 Å². The van der Waals surface area contributed by atoms with Gasteiger partial charge in [0.15, 0.2) is 17.2 Å². The molecule has 164 valence electrons. The molecule has 0 saturated heterocycles. The van der Waals surface area contributed by atoms with E-state index in [1.54, 1.807) is 6.92 Å². The molecule has 0 spiro atoms. The minimum Gasteiger partial charge on any atom is -0.490 e. The van der Waals surface area contributed by atoms with Gasteiger partial charge in [-0.15, -0.1) is 0 Å². The molecule has 0 saturated carbocycles. The molecule has 0 aliphatic rings. The molecule has 0 amide bonds. The SMILES string of the molecule is CCOC(=O)C(C)(C)c1ccc(CCC(=O)c2c(C)nc3c(OCC)cccn23)cc1. The smallest absolute Gasteiger partial charge is 0.315 e. The number of hydrogen-bond acceptors (Lipinski definition) is 5. The Morgan fingerprint density at radius 2 is 1.77 bits per heavy atom. The minimum absolute atomic E-state index is 0.0366. The first-order valence-electron chi connectivity index (χ1n) is 10.7. The number of ether oxygens (including phenoxy) is 2. The lowest BCUT2D eigenvalue weighted by molar-refractivity contribution is -0.148. The van der Waals surface area contributed by atoms with E-state index in [9.17, 15) is 9.59 Å². The fraction of sp³-hybridized carbons (Fsp3) is 0.400. The fourth-order valence-electron chi connectivity index (χ4n) is 3.65. The van der Waals surface area contributed by atoms with Crippen LogP contribution in [-0.2, 0) is 21.4 Å². The molecule has 3 rings (SSSR count). The molecule has 0 atom stereocenters. The number of Topliss-reactive ketones (excluding diaryl/α,β-unsaturated/α-hetero) is 1. The van der Waals surface area contributed by atoms with Crippen LogP contribution in [0.25, 0.3) is 5.65 Å². The Hall–Kier alpha value is -3.15. The van der Waals surface area contributed by atoms with Gasteiger partial charge in [0.1, 0.15) is 5.69 Å². The Kier molecular flexibility index (Phi) is 6.78. The van der Waals surface area contributed by atoms with Crippen LogP contribution in [0.5, 0.6) is 5.75 Å². The highest BCUT2D eigenvalue weighted by molar-refractivity contribution is 5.96. The minimum atomic E-state index is -0.712. The summed E-state index contributed by atoms with van der Waals surface area (Å²) in [6.07, 6.45) is 2.82. The van der Waals surface area contributed by atoms with Crippen molar-refractivity contribution in [3.05, 3.63) is 65.1 Å². The van der Waals surface area contributed by atoms with Crippen molar-refractivity contribution in [2.45, 2.75) is 52.9 Å². The molecule has 31 heavy (non-hydrogen) atoms. The van der Waals surface area contributed by atoms with Gasteiger partial charge in [-0.3, -0.25) is 14.0 Å². The molecular formula is C25H30N2O4. The van der Waals surface area contributed by atoms with Gasteiger partial charge >= 0.3 is 5.97 Å². The highest BCUT2D eigenvalue weighted by atomic mass is 16.5. The Bertz CT molecular complexity index is 1080. The molecule has 0 aliphatic heterocycles. The molecule has 0 fully saturated rings. The van der Waals surface area contributed by atoms with Gasteiger partial charge in [0.25, 0.3) is 0 Å². The lowest BCUT2D eigenvalue weighted by atomic mass is 9.84. The van der Waals surface area contributed by atoms with Crippen molar-refractivity contribution >= 4 is 17.4 Å². The summed E-state index contributed by atoms with van der Waals surface area (Å²) in [5, 5.41) is 0. The number of pyridine rings is 1. The van der Waals surface area contributed by atoms with E-state index in [2.05, 4.69) is 4.98 Å². The molecule has 2 heterocycles. The second-order valence-electron chi connectivity index (χ2n) is 8.01. The Morgan fingerprint density at radius 3 is 2.42 bits per heavy atom. The number of rotatable bonds is 9. The predicted molar refractivity (Wildman–Crippen MR) is 120 cm³/mol. The number of ketones is 1. The van der Waals surface area contributed by atoms with Crippen LogP contribution in [0.2, 0.25) is 0 Å². The highest BCUT2D eigenvalue weighted by Crippen LogP contribution is 2.26. The summed E-state index contributed by atoms with van der Waals surface area (Å²) >= 11 is 0. The van der Waals surface area contributed by atoms with E-state index in [4.69, 9.17) is 9.47 Å². The maximum Gasteiger partial charge on any atom is 0.315 e. The van der Waals surface area contributed by atoms with E-state index >= 15 is 0 Å². The first kappa shape index (κ1) is 22.5. The molecule has 0 bridgehead atoms. The van der Waals surface area contributed by atoms with E-state index in [1.807, 2.05) is 74.7 Å². The van der Waals surface area contributed by atoms with Gasteiger partial charge in [-0.1, -0.05) is 24.3 Å². The quantitative estimate of drug-likeness (QED) is 0.369. The summed E-state index contributed by atoms with van der Waals surface area (Å²) in [6, 6.07) is 11.5. The van der Waals surface area contributed by atoms with Gasteiger partial charge in [0.2, 0.25) is 0 Å². The van der Waals surface area contributed by atoms with Crippen molar-refractivity contribution in [2.24, 2.45) is 0 Å². The predicted octanol–water partition coefficient (Wildman–Crippen LogP) is 4.70. The first-order valence-corrected chi connectivity index (χ1v) is 10.7. The van der Waals surface area contributed by atoms with Crippen molar-refractivity contribution in [1.29, 1.82) is 0 Å². The Morgan fingerprint density at radius 1 is 1.06 bits per heavy atom. The fourth-order valence-corrected chi connectivity index (χ4v) is 3.65. The van der Waals surface area contributed by atoms with Crippen LogP contribution in [0.15, 0.2) is 42.6 Å². The van der Waals surface area contributed by atoms with Crippen LogP contribution < -0.4 is 4.74 Å². The van der Waals surface area contributed by atoms with Crippen LogP contribution in [0, 0.1) is 6.92 Å². The van der Waals surface area contributed by atoms with Gasteiger partial charge in [-0.05, 0) is 64.3 Å². The zero-order valence-electron chi connectivity index (χ0n) is 18.9. The third kappa shape index (κ3) is 4.63. The molecule has 2 aromatic heterocycles. The largest absolute Gasteiger partial charge is 0.490 e. The zero-order chi connectivity index (χ0) is 22.6. The normalized spacial score (nSPS) is 11.5. The molecule has 0 radical (unpaired) electrons. The molecule has 1 aromatic carbocycles. The molecule has 6 heteroatoms. The number of benzene rings is 1. The lowest BCUT2D eigenvalue weighted by Gasteiger charge is -2.23. The van der Waals surface area contributed by atoms with Crippen LogP contribution in [0.1, 0.15) is 61.4 Å². The average Bonchev–Trinajstić information content (AvgIpc) is 3.09. The summed E-state index contributed by atoms with van der Waals surface area (Å²) in [4.78, 5) is 29.8. The number of esters is 1. The Balaban J connectivity index is 1.74. The lowest BCUT2D eigenvalue weighted by Crippen LogP contribution is -2.31. The molecule has 0 aliphatic carbocycles. The standard InChI is InChI=1S/C25H30N2O4/c1-6-30-21-9-8-16-27-22(17(3)26-23(21)27)20(28)15-12-18-10-13-19(14-11-18)25(4,5)24(29)31-7-2/h8-11,13-14,16H,6-7,12,15H2,1-5H3. The summed E-state index contributed by atoms with van der Waals surface area (Å²) in [5.41, 5.74) is 3.17. The topological polar surface area (TPSA) is 69.9 Å². The second-order valence-corrected chi connectivity index (χ2v) is 8.01. The second kappa shape index (κ2) is 9.33. The van der Waals surface area contributed by atoms with Crippen LogP contribution in [0.4, 0.5) is 0 Å². The molecule has 0 unspecified atom stereocenters. The number of hydrogen-bond donors (Lipinski definition) is 0. The third-order valence-electron chi connectivity index (χ3n) is 5.45. The van der Waals surface area contributed by atoms with Gasteiger partial charge in [-0.2, -0.15) is 0 Å². The van der Waals surface area contributed by atoms with Gasteiger partial charge in [-0.25, -0.2) is 4.98 Å². The van der Waals surface area contributed by atoms with Crippen molar-refractivity contribution in [3.63, 3.8) is 0 Å². The van der Waals surface area contributed by atoms with E-state index in [1.165, 1.54) is 0 Å². The van der Waals surface area contributed by atoms with E-state index in [0.29, 0.717) is 48.8 Å². The van der Waals surface area contributed by atoms with Gasteiger partial charge in [0.05, 0.1) is 24.3 Å². The van der Waals surface area contributed by atoms with Gasteiger partial charge in [0, 0.05) is 12.6 Å². The van der Waals surface area contributed by atoms with Crippen molar-refractivity contribution in [3.8, 4) is 5.75 Å². The number of carbonyl (C=O) groups excluding carboxylic acids is 2. The van der Waals surface area contributed by atoms with E-state index in [-0.39, 0.29) is 11.8 Å². The molecule has 0 N–H and O–H groups in total. The van der Waals surface area contributed by atoms with Crippen LogP contribution >= 0.6 is 0 Å². The summed E-state index contributed by atoms with van der Waals surface area (Å²) < 4.78 is 12.6. The molecule has 6 nitrogen and oxygen atoms in total. The summed E-state index contributed by atoms with van der Waals surface area (Å²) in [5.74, 6) is 0.467. The third-order valence-corrected chi connectivity index (χ3v) is 5.45. The van der Waals surface area contributed by atoms with Gasteiger partial charge < -0.3 is 9.47 Å². The molecule has 3 aromatic rings. The number of nitrogens with zero attached hydrogens (tertiary/aromatic N) is 2. The number of carbonyl (C=O) groups is 2. The van der Waals surface area contributed by atoms with Crippen LogP contribution in [0.3, 0.4) is 0 Å². The zero-order valence-corrected chi connectivity index (χ0v) is 18.9. The molecular weight excluding hydrogens is 392 g/mol. The van der Waals surface area contributed by atoms with Crippen molar-refractivity contribution < 1.29 is 19.1 Å². The number of aryl methyl sites for hydroxylation is 2. The Labute approximate surface area is 183 Å². The maximum atomic E-state index is 13.0. The number of fused-ring (bicyclic) bond motifs is 1. The first-order chi connectivity index (χ1) is 14.8. The van der Waals surface area contributed by atoms with E-state index < -0.39 is 5.41 Å². The maximum absolute atomic E-state index is 13.0.